The van der Waals surface area contributed by atoms with Crippen molar-refractivity contribution in [3.05, 3.63) is 54.2 Å². The summed E-state index contributed by atoms with van der Waals surface area (Å²) in [5.74, 6) is 0. The highest BCUT2D eigenvalue weighted by molar-refractivity contribution is 5.58. The summed E-state index contributed by atoms with van der Waals surface area (Å²) in [5.41, 5.74) is 10.3. The zero-order chi connectivity index (χ0) is 9.80. The Morgan fingerprint density at radius 3 is 2.36 bits per heavy atom. The van der Waals surface area contributed by atoms with Crippen molar-refractivity contribution in [1.82, 2.24) is 10.7 Å². The number of pyridine rings is 1. The summed E-state index contributed by atoms with van der Waals surface area (Å²) in [6.07, 6.45) is 1.79. The average molecular weight is 183 g/mol. The molecule has 14 heavy (non-hydrogen) atoms. The lowest BCUT2D eigenvalue weighted by Crippen LogP contribution is -1.85. The molecule has 0 bridgehead atoms. The monoisotopic (exact) mass is 183 g/mol. The third-order valence-electron chi connectivity index (χ3n) is 2.12. The maximum Gasteiger partial charge on any atom is 0.0701 e. The van der Waals surface area contributed by atoms with E-state index in [1.165, 1.54) is 0 Å². The lowest BCUT2D eigenvalue weighted by Gasteiger charge is -2.01. The highest BCUT2D eigenvalue weighted by atomic mass is 14.7. The first-order valence-corrected chi connectivity index (χ1v) is 4.55. The van der Waals surface area contributed by atoms with Crippen LogP contribution in [0.15, 0.2) is 48.7 Å². The van der Waals surface area contributed by atoms with E-state index in [0.29, 0.717) is 6.54 Å². The maximum atomic E-state index is 7.20. The Kier molecular flexibility index (Phi) is 2.56. The fraction of sp³-hybridized carbons (Fsp3) is 0.0833. The predicted octanol–water partition coefficient (Wildman–Crippen LogP) is 2.53. The van der Waals surface area contributed by atoms with Gasteiger partial charge in [-0.25, -0.2) is 0 Å². The SMILES string of the molecule is [NH]Cc1ccc(-c2ccccn2)cc1. The number of benzene rings is 1. The Morgan fingerprint density at radius 2 is 1.79 bits per heavy atom. The van der Waals surface area contributed by atoms with E-state index in [1.54, 1.807) is 6.20 Å². The zero-order valence-corrected chi connectivity index (χ0v) is 7.77. The van der Waals surface area contributed by atoms with Crippen molar-refractivity contribution in [1.29, 1.82) is 0 Å². The largest absolute Gasteiger partial charge is 0.256 e. The first-order chi connectivity index (χ1) is 6.90. The van der Waals surface area contributed by atoms with E-state index in [1.807, 2.05) is 42.5 Å². The van der Waals surface area contributed by atoms with Crippen molar-refractivity contribution in [3.63, 3.8) is 0 Å². The molecule has 2 aromatic rings. The van der Waals surface area contributed by atoms with Crippen LogP contribution < -0.4 is 5.73 Å². The fourth-order valence-corrected chi connectivity index (χ4v) is 1.33. The topological polar surface area (TPSA) is 36.7 Å². The third kappa shape index (κ3) is 1.80. The smallest absolute Gasteiger partial charge is 0.0701 e. The van der Waals surface area contributed by atoms with Gasteiger partial charge in [0.15, 0.2) is 0 Å². The average Bonchev–Trinajstić information content (AvgIpc) is 2.30. The minimum absolute atomic E-state index is 0.336. The maximum absolute atomic E-state index is 7.20. The minimum Gasteiger partial charge on any atom is -0.256 e. The second-order valence-electron chi connectivity index (χ2n) is 3.09. The Hall–Kier alpha value is -1.67. The minimum atomic E-state index is 0.336. The highest BCUT2D eigenvalue weighted by Crippen LogP contribution is 2.16. The van der Waals surface area contributed by atoms with Gasteiger partial charge in [0.1, 0.15) is 0 Å². The molecule has 1 heterocycles. The number of hydrogen-bond donors (Lipinski definition) is 0. The summed E-state index contributed by atoms with van der Waals surface area (Å²) in [7, 11) is 0. The normalized spacial score (nSPS) is 10.1. The molecule has 0 spiro atoms. The Labute approximate surface area is 83.4 Å². The molecule has 0 unspecified atom stereocenters. The molecule has 1 aromatic heterocycles. The van der Waals surface area contributed by atoms with Gasteiger partial charge in [0.05, 0.1) is 5.69 Å². The molecule has 0 aliphatic rings. The van der Waals surface area contributed by atoms with Crippen molar-refractivity contribution in [2.45, 2.75) is 6.54 Å². The fourth-order valence-electron chi connectivity index (χ4n) is 1.33. The molecular formula is C12H11N2. The zero-order valence-electron chi connectivity index (χ0n) is 7.77. The second-order valence-corrected chi connectivity index (χ2v) is 3.09. The van der Waals surface area contributed by atoms with Gasteiger partial charge in [0.25, 0.3) is 0 Å². The summed E-state index contributed by atoms with van der Waals surface area (Å²) in [4.78, 5) is 4.26. The molecule has 0 saturated heterocycles. The lowest BCUT2D eigenvalue weighted by atomic mass is 10.1. The number of nitrogens with one attached hydrogen (secondary N) is 1. The number of hydrogen-bond acceptors (Lipinski definition) is 1. The standard InChI is InChI=1S/C12H11N2/c13-9-10-4-6-11(7-5-10)12-3-1-2-8-14-12/h1-8,13H,9H2. The van der Waals surface area contributed by atoms with Crippen LogP contribution in [0.25, 0.3) is 11.3 Å². The molecule has 69 valence electrons. The van der Waals surface area contributed by atoms with Gasteiger partial charge < -0.3 is 0 Å². The summed E-state index contributed by atoms with van der Waals surface area (Å²) >= 11 is 0. The van der Waals surface area contributed by atoms with E-state index < -0.39 is 0 Å². The molecule has 1 radical (unpaired) electrons. The van der Waals surface area contributed by atoms with Crippen LogP contribution in [0.3, 0.4) is 0 Å². The van der Waals surface area contributed by atoms with Gasteiger partial charge >= 0.3 is 0 Å². The number of aromatic nitrogens is 1. The van der Waals surface area contributed by atoms with Crippen molar-refractivity contribution in [2.24, 2.45) is 0 Å². The molecule has 0 saturated carbocycles. The quantitative estimate of drug-likeness (QED) is 0.704. The summed E-state index contributed by atoms with van der Waals surface area (Å²) in [6, 6.07) is 13.8. The van der Waals surface area contributed by atoms with Gasteiger partial charge in [-0.1, -0.05) is 30.3 Å². The molecule has 1 N–H and O–H groups in total. The second kappa shape index (κ2) is 4.03. The van der Waals surface area contributed by atoms with E-state index in [9.17, 15) is 0 Å². The van der Waals surface area contributed by atoms with E-state index in [-0.39, 0.29) is 0 Å². The molecule has 0 aliphatic carbocycles. The van der Waals surface area contributed by atoms with E-state index in [0.717, 1.165) is 16.8 Å². The highest BCUT2D eigenvalue weighted by Gasteiger charge is 1.96. The number of rotatable bonds is 2. The molecule has 2 heteroatoms. The van der Waals surface area contributed by atoms with Crippen molar-refractivity contribution in [3.8, 4) is 11.3 Å². The summed E-state index contributed by atoms with van der Waals surface area (Å²) < 4.78 is 0. The molecule has 2 nitrogen and oxygen atoms in total. The van der Waals surface area contributed by atoms with Gasteiger partial charge in [-0.15, -0.1) is 0 Å². The van der Waals surface area contributed by atoms with Crippen LogP contribution in [0.4, 0.5) is 0 Å². The lowest BCUT2D eigenvalue weighted by molar-refractivity contribution is 1.03. The van der Waals surface area contributed by atoms with Crippen molar-refractivity contribution < 1.29 is 0 Å². The van der Waals surface area contributed by atoms with Gasteiger partial charge in [-0.3, -0.25) is 10.7 Å². The molecule has 0 atom stereocenters. The first-order valence-electron chi connectivity index (χ1n) is 4.55. The molecule has 0 fully saturated rings. The molecule has 0 aliphatic heterocycles. The predicted molar refractivity (Wildman–Crippen MR) is 56.5 cm³/mol. The van der Waals surface area contributed by atoms with Gasteiger partial charge in [-0.2, -0.15) is 0 Å². The molecule has 1 aromatic carbocycles. The van der Waals surface area contributed by atoms with E-state index in [4.69, 9.17) is 5.73 Å². The van der Waals surface area contributed by atoms with Crippen LogP contribution in [0.1, 0.15) is 5.56 Å². The van der Waals surface area contributed by atoms with Gasteiger partial charge in [0, 0.05) is 18.3 Å². The summed E-state index contributed by atoms with van der Waals surface area (Å²) in [5, 5.41) is 0. The van der Waals surface area contributed by atoms with Crippen LogP contribution >= 0.6 is 0 Å². The third-order valence-corrected chi connectivity index (χ3v) is 2.12. The summed E-state index contributed by atoms with van der Waals surface area (Å²) in [6.45, 7) is 0.336. The van der Waals surface area contributed by atoms with Crippen molar-refractivity contribution in [2.75, 3.05) is 0 Å². The van der Waals surface area contributed by atoms with Crippen LogP contribution in [0, 0.1) is 0 Å². The Balaban J connectivity index is 2.34. The first kappa shape index (κ1) is 8.91. The van der Waals surface area contributed by atoms with Crippen LogP contribution in [-0.2, 0) is 6.54 Å². The molecular weight excluding hydrogens is 172 g/mol. The van der Waals surface area contributed by atoms with Gasteiger partial charge in [-0.05, 0) is 17.7 Å². The Morgan fingerprint density at radius 1 is 1.00 bits per heavy atom. The number of nitrogens with zero attached hydrogens (tertiary/aromatic N) is 1. The van der Waals surface area contributed by atoms with Gasteiger partial charge in [0.2, 0.25) is 0 Å². The van der Waals surface area contributed by atoms with Crippen LogP contribution in [-0.4, -0.2) is 4.98 Å². The van der Waals surface area contributed by atoms with Crippen molar-refractivity contribution >= 4 is 0 Å². The van der Waals surface area contributed by atoms with Crippen LogP contribution in [0.5, 0.6) is 0 Å². The molecule has 2 rings (SSSR count). The molecule has 0 amide bonds. The van der Waals surface area contributed by atoms with E-state index in [2.05, 4.69) is 4.98 Å². The van der Waals surface area contributed by atoms with E-state index >= 15 is 0 Å². The van der Waals surface area contributed by atoms with Crippen LogP contribution in [0.2, 0.25) is 0 Å². The Bertz CT molecular complexity index is 392.